The first-order valence-electron chi connectivity index (χ1n) is 11.6. The van der Waals surface area contributed by atoms with E-state index in [2.05, 4.69) is 10.5 Å². The molecule has 0 aliphatic heterocycles. The van der Waals surface area contributed by atoms with Gasteiger partial charge in [-0.3, -0.25) is 14.9 Å². The molecule has 0 saturated heterocycles. The van der Waals surface area contributed by atoms with Gasteiger partial charge in [0.25, 0.3) is 5.69 Å². The summed E-state index contributed by atoms with van der Waals surface area (Å²) in [6, 6.07) is 27.9. The third kappa shape index (κ3) is 4.21. The first-order valence-corrected chi connectivity index (χ1v) is 11.6. The summed E-state index contributed by atoms with van der Waals surface area (Å²) in [5.41, 5.74) is 6.00. The van der Waals surface area contributed by atoms with E-state index < -0.39 is 10.8 Å². The Balaban J connectivity index is 1.23. The van der Waals surface area contributed by atoms with Crippen LogP contribution >= 0.6 is 0 Å². The number of nitrogens with zero attached hydrogens (tertiary/aromatic N) is 3. The highest BCUT2D eigenvalue weighted by molar-refractivity contribution is 6.08. The minimum Gasteiger partial charge on any atom is -0.451 e. The standard InChI is InChI=1S/C29H20N4O4/c34-29(28-15-25-23-6-2-1-5-20(23)11-14-27(25)37-28)31-30-16-21-18-32(26-8-4-3-7-24(21)26)17-19-9-12-22(13-10-19)33(35)36/h1-16,18H,17H2,(H,31,34)/b30-16-. The Morgan fingerprint density at radius 2 is 1.70 bits per heavy atom. The van der Waals surface area contributed by atoms with Crippen LogP contribution in [0.15, 0.2) is 107 Å². The maximum Gasteiger partial charge on any atom is 0.307 e. The van der Waals surface area contributed by atoms with E-state index in [-0.39, 0.29) is 11.4 Å². The lowest BCUT2D eigenvalue weighted by molar-refractivity contribution is -0.384. The van der Waals surface area contributed by atoms with Crippen LogP contribution in [0.25, 0.3) is 32.6 Å². The quantitative estimate of drug-likeness (QED) is 0.170. The predicted molar refractivity (Wildman–Crippen MR) is 143 cm³/mol. The zero-order valence-corrected chi connectivity index (χ0v) is 19.5. The molecule has 0 spiro atoms. The van der Waals surface area contributed by atoms with Gasteiger partial charge in [0.15, 0.2) is 5.76 Å². The molecule has 0 atom stereocenters. The zero-order chi connectivity index (χ0) is 25.4. The normalized spacial score (nSPS) is 11.6. The molecule has 4 aromatic carbocycles. The number of hydrazone groups is 1. The number of nitrogens with one attached hydrogen (secondary N) is 1. The van der Waals surface area contributed by atoms with Crippen LogP contribution in [0.3, 0.4) is 0 Å². The molecule has 2 heterocycles. The van der Waals surface area contributed by atoms with E-state index in [0.717, 1.165) is 38.2 Å². The Bertz CT molecular complexity index is 1830. The van der Waals surface area contributed by atoms with E-state index >= 15 is 0 Å². The first kappa shape index (κ1) is 22.2. The summed E-state index contributed by atoms with van der Waals surface area (Å²) in [6.45, 7) is 0.533. The van der Waals surface area contributed by atoms with Gasteiger partial charge in [0.05, 0.1) is 11.1 Å². The van der Waals surface area contributed by atoms with Gasteiger partial charge in [-0.2, -0.15) is 5.10 Å². The number of carbonyl (C=O) groups is 1. The lowest BCUT2D eigenvalue weighted by Crippen LogP contribution is -2.16. The number of nitro benzene ring substituents is 1. The second kappa shape index (κ2) is 9.09. The fraction of sp³-hybridized carbons (Fsp3) is 0.0345. The highest BCUT2D eigenvalue weighted by atomic mass is 16.6. The van der Waals surface area contributed by atoms with Crippen molar-refractivity contribution in [3.63, 3.8) is 0 Å². The van der Waals surface area contributed by atoms with Crippen LogP contribution in [0, 0.1) is 10.1 Å². The smallest absolute Gasteiger partial charge is 0.307 e. The van der Waals surface area contributed by atoms with Gasteiger partial charge in [0, 0.05) is 46.7 Å². The lowest BCUT2D eigenvalue weighted by Gasteiger charge is -2.05. The van der Waals surface area contributed by atoms with Crippen LogP contribution in [-0.4, -0.2) is 21.6 Å². The van der Waals surface area contributed by atoms with Crippen LogP contribution in [0.2, 0.25) is 0 Å². The Morgan fingerprint density at radius 3 is 2.51 bits per heavy atom. The molecular formula is C29H20N4O4. The third-order valence-electron chi connectivity index (χ3n) is 6.34. The summed E-state index contributed by atoms with van der Waals surface area (Å²) >= 11 is 0. The van der Waals surface area contributed by atoms with Crippen molar-refractivity contribution in [3.05, 3.63) is 124 Å². The van der Waals surface area contributed by atoms with Crippen molar-refractivity contribution < 1.29 is 14.1 Å². The number of furan rings is 1. The number of carbonyl (C=O) groups excluding carboxylic acids is 1. The third-order valence-corrected chi connectivity index (χ3v) is 6.34. The van der Waals surface area contributed by atoms with Crippen molar-refractivity contribution in [1.29, 1.82) is 0 Å². The number of benzene rings is 4. The van der Waals surface area contributed by atoms with Crippen LogP contribution < -0.4 is 5.43 Å². The molecule has 0 aliphatic rings. The minimum atomic E-state index is -0.439. The van der Waals surface area contributed by atoms with E-state index in [0.29, 0.717) is 12.1 Å². The van der Waals surface area contributed by atoms with Gasteiger partial charge < -0.3 is 8.98 Å². The molecule has 6 aromatic rings. The van der Waals surface area contributed by atoms with Gasteiger partial charge >= 0.3 is 5.91 Å². The molecule has 1 N–H and O–H groups in total. The summed E-state index contributed by atoms with van der Waals surface area (Å²) in [7, 11) is 0. The Morgan fingerprint density at radius 1 is 0.946 bits per heavy atom. The molecular weight excluding hydrogens is 468 g/mol. The zero-order valence-electron chi connectivity index (χ0n) is 19.5. The van der Waals surface area contributed by atoms with E-state index in [4.69, 9.17) is 4.42 Å². The maximum absolute atomic E-state index is 12.8. The summed E-state index contributed by atoms with van der Waals surface area (Å²) in [6.07, 6.45) is 3.54. The van der Waals surface area contributed by atoms with Crippen molar-refractivity contribution in [2.24, 2.45) is 5.10 Å². The molecule has 0 saturated carbocycles. The number of non-ortho nitro benzene ring substituents is 1. The van der Waals surface area contributed by atoms with E-state index in [1.807, 2.05) is 71.4 Å². The lowest BCUT2D eigenvalue weighted by atomic mass is 10.1. The van der Waals surface area contributed by atoms with Gasteiger partial charge in [-0.25, -0.2) is 5.43 Å². The van der Waals surface area contributed by atoms with Crippen LogP contribution in [0.4, 0.5) is 5.69 Å². The summed E-state index contributed by atoms with van der Waals surface area (Å²) in [5.74, 6) is -0.254. The van der Waals surface area contributed by atoms with E-state index in [1.165, 1.54) is 12.1 Å². The van der Waals surface area contributed by atoms with Crippen molar-refractivity contribution in [2.45, 2.75) is 6.54 Å². The monoisotopic (exact) mass is 488 g/mol. The topological polar surface area (TPSA) is 103 Å². The van der Waals surface area contributed by atoms with Crippen LogP contribution in [0.1, 0.15) is 21.7 Å². The fourth-order valence-electron chi connectivity index (χ4n) is 4.55. The molecule has 0 radical (unpaired) electrons. The van der Waals surface area contributed by atoms with Crippen LogP contribution in [0.5, 0.6) is 0 Å². The van der Waals surface area contributed by atoms with Gasteiger partial charge in [-0.05, 0) is 34.5 Å². The number of fused-ring (bicyclic) bond motifs is 4. The molecule has 0 unspecified atom stereocenters. The Labute approximate surface area is 210 Å². The molecule has 6 rings (SSSR count). The first-order chi connectivity index (χ1) is 18.1. The summed E-state index contributed by atoms with van der Waals surface area (Å²) in [5, 5.41) is 19.1. The molecule has 37 heavy (non-hydrogen) atoms. The fourth-order valence-corrected chi connectivity index (χ4v) is 4.55. The van der Waals surface area contributed by atoms with E-state index in [9.17, 15) is 14.9 Å². The highest BCUT2D eigenvalue weighted by Crippen LogP contribution is 2.28. The summed E-state index contributed by atoms with van der Waals surface area (Å²) in [4.78, 5) is 23.3. The SMILES string of the molecule is O=C(N/N=C\c1cn(Cc2ccc([N+](=O)[O-])cc2)c2ccccc12)c1cc2c(ccc3ccccc32)o1. The molecule has 0 bridgehead atoms. The minimum absolute atomic E-state index is 0.0577. The second-order valence-electron chi connectivity index (χ2n) is 8.66. The van der Waals surface area contributed by atoms with E-state index in [1.54, 1.807) is 24.4 Å². The molecule has 2 aromatic heterocycles. The molecule has 1 amide bonds. The molecule has 180 valence electrons. The molecule has 8 heteroatoms. The van der Waals surface area contributed by atoms with Gasteiger partial charge in [-0.15, -0.1) is 0 Å². The number of hydrogen-bond acceptors (Lipinski definition) is 5. The average Bonchev–Trinajstić information content (AvgIpc) is 3.51. The van der Waals surface area contributed by atoms with Gasteiger partial charge in [0.1, 0.15) is 5.58 Å². The Kier molecular flexibility index (Phi) is 5.46. The number of nitro groups is 1. The number of rotatable bonds is 6. The molecule has 0 aliphatic carbocycles. The van der Waals surface area contributed by atoms with Gasteiger partial charge in [-0.1, -0.05) is 60.7 Å². The van der Waals surface area contributed by atoms with Crippen molar-refractivity contribution in [3.8, 4) is 0 Å². The van der Waals surface area contributed by atoms with Crippen molar-refractivity contribution in [1.82, 2.24) is 9.99 Å². The van der Waals surface area contributed by atoms with Crippen molar-refractivity contribution in [2.75, 3.05) is 0 Å². The van der Waals surface area contributed by atoms with Crippen LogP contribution in [-0.2, 0) is 6.54 Å². The highest BCUT2D eigenvalue weighted by Gasteiger charge is 2.14. The number of amides is 1. The summed E-state index contributed by atoms with van der Waals surface area (Å²) < 4.78 is 7.82. The van der Waals surface area contributed by atoms with Gasteiger partial charge in [0.2, 0.25) is 0 Å². The van der Waals surface area contributed by atoms with Crippen molar-refractivity contribution >= 4 is 50.5 Å². The number of hydrogen-bond donors (Lipinski definition) is 1. The largest absolute Gasteiger partial charge is 0.451 e. The molecule has 8 nitrogen and oxygen atoms in total. The average molecular weight is 489 g/mol. The maximum atomic E-state index is 12.8. The number of para-hydroxylation sites is 1. The Hall–Kier alpha value is -5.24. The molecule has 0 fully saturated rings. The second-order valence-corrected chi connectivity index (χ2v) is 8.66. The predicted octanol–water partition coefficient (Wildman–Crippen LogP) is 6.26. The number of aromatic nitrogens is 1.